The van der Waals surface area contributed by atoms with Crippen LogP contribution in [0, 0.1) is 0 Å². The van der Waals surface area contributed by atoms with Crippen LogP contribution < -0.4 is 4.74 Å². The smallest absolute Gasteiger partial charge is 0.223 e. The molecule has 0 bridgehead atoms. The van der Waals surface area contributed by atoms with Crippen LogP contribution >= 0.6 is 27.5 Å². The summed E-state index contributed by atoms with van der Waals surface area (Å²) < 4.78 is 6.07. The molecule has 2 rings (SSSR count). The van der Waals surface area contributed by atoms with Crippen LogP contribution in [-0.2, 0) is 0 Å². The molecule has 0 saturated carbocycles. The summed E-state index contributed by atoms with van der Waals surface area (Å²) in [6, 6.07) is 3.79. The van der Waals surface area contributed by atoms with Gasteiger partial charge in [0.05, 0.1) is 11.6 Å². The standard InChI is InChI=1S/C9H6BrClN2O/c1-14-8-6(10)3-2-5-4-12-9(11)13-7(5)8/h2-4H,1H3. The number of aromatic nitrogens is 2. The summed E-state index contributed by atoms with van der Waals surface area (Å²) in [7, 11) is 1.59. The molecule has 72 valence electrons. The molecule has 2 aromatic rings. The van der Waals surface area contributed by atoms with Crippen LogP contribution in [0.5, 0.6) is 5.75 Å². The van der Waals surface area contributed by atoms with E-state index in [1.54, 1.807) is 13.3 Å². The second-order valence-electron chi connectivity index (χ2n) is 2.66. The van der Waals surface area contributed by atoms with Gasteiger partial charge in [-0.2, -0.15) is 0 Å². The molecule has 3 nitrogen and oxygen atoms in total. The summed E-state index contributed by atoms with van der Waals surface area (Å²) in [5.74, 6) is 0.673. The minimum absolute atomic E-state index is 0.217. The van der Waals surface area contributed by atoms with Crippen LogP contribution in [0.25, 0.3) is 10.9 Å². The lowest BCUT2D eigenvalue weighted by Crippen LogP contribution is -1.90. The van der Waals surface area contributed by atoms with Gasteiger partial charge in [-0.1, -0.05) is 0 Å². The molecule has 0 radical (unpaired) electrons. The first-order chi connectivity index (χ1) is 6.72. The summed E-state index contributed by atoms with van der Waals surface area (Å²) in [6.45, 7) is 0. The molecule has 1 aromatic carbocycles. The largest absolute Gasteiger partial charge is 0.493 e. The van der Waals surface area contributed by atoms with E-state index in [1.165, 1.54) is 0 Å². The SMILES string of the molecule is COc1c(Br)ccc2cnc(Cl)nc12. The number of hydrogen-bond donors (Lipinski definition) is 0. The van der Waals surface area contributed by atoms with Crippen LogP contribution in [0.4, 0.5) is 0 Å². The van der Waals surface area contributed by atoms with Crippen molar-refractivity contribution in [2.24, 2.45) is 0 Å². The van der Waals surface area contributed by atoms with Crippen molar-refractivity contribution in [2.45, 2.75) is 0 Å². The van der Waals surface area contributed by atoms with E-state index in [-0.39, 0.29) is 5.28 Å². The number of halogens is 2. The van der Waals surface area contributed by atoms with Gasteiger partial charge in [0.1, 0.15) is 5.52 Å². The molecular weight excluding hydrogens is 267 g/mol. The Morgan fingerprint density at radius 2 is 2.21 bits per heavy atom. The molecule has 14 heavy (non-hydrogen) atoms. The maximum Gasteiger partial charge on any atom is 0.223 e. The number of hydrogen-bond acceptors (Lipinski definition) is 3. The van der Waals surface area contributed by atoms with Crippen LogP contribution in [0.2, 0.25) is 5.28 Å². The average Bonchev–Trinajstić information content (AvgIpc) is 2.17. The van der Waals surface area contributed by atoms with Crippen LogP contribution in [0.15, 0.2) is 22.8 Å². The van der Waals surface area contributed by atoms with Crippen molar-refractivity contribution in [3.63, 3.8) is 0 Å². The molecule has 0 saturated heterocycles. The summed E-state index contributed by atoms with van der Waals surface area (Å²) >= 11 is 9.08. The highest BCUT2D eigenvalue weighted by Crippen LogP contribution is 2.32. The van der Waals surface area contributed by atoms with Gasteiger partial charge in [-0.15, -0.1) is 0 Å². The molecule has 0 spiro atoms. The van der Waals surface area contributed by atoms with E-state index in [4.69, 9.17) is 16.3 Å². The Morgan fingerprint density at radius 1 is 1.43 bits per heavy atom. The molecule has 1 heterocycles. The molecule has 0 aliphatic heterocycles. The van der Waals surface area contributed by atoms with Crippen molar-refractivity contribution in [3.8, 4) is 5.75 Å². The van der Waals surface area contributed by atoms with E-state index >= 15 is 0 Å². The van der Waals surface area contributed by atoms with E-state index in [0.29, 0.717) is 11.3 Å². The Hall–Kier alpha value is -0.870. The molecule has 5 heteroatoms. The zero-order chi connectivity index (χ0) is 10.1. The molecule has 0 unspecified atom stereocenters. The third-order valence-corrected chi connectivity index (χ3v) is 2.64. The van der Waals surface area contributed by atoms with Crippen molar-refractivity contribution in [1.29, 1.82) is 0 Å². The fraction of sp³-hybridized carbons (Fsp3) is 0.111. The van der Waals surface area contributed by atoms with Crippen LogP contribution in [0.3, 0.4) is 0 Å². The molecule has 1 aromatic heterocycles. The van der Waals surface area contributed by atoms with Gasteiger partial charge in [0.2, 0.25) is 5.28 Å². The molecule has 0 aliphatic rings. The molecule has 0 N–H and O–H groups in total. The highest BCUT2D eigenvalue weighted by Gasteiger charge is 2.08. The maximum absolute atomic E-state index is 5.71. The lowest BCUT2D eigenvalue weighted by molar-refractivity contribution is 0.416. The number of benzene rings is 1. The second kappa shape index (κ2) is 3.71. The second-order valence-corrected chi connectivity index (χ2v) is 3.85. The van der Waals surface area contributed by atoms with Crippen molar-refractivity contribution in [3.05, 3.63) is 28.1 Å². The number of rotatable bonds is 1. The minimum Gasteiger partial charge on any atom is -0.493 e. The Labute approximate surface area is 94.2 Å². The monoisotopic (exact) mass is 272 g/mol. The zero-order valence-electron chi connectivity index (χ0n) is 7.29. The van der Waals surface area contributed by atoms with Gasteiger partial charge in [-0.25, -0.2) is 9.97 Å². The van der Waals surface area contributed by atoms with Gasteiger partial charge in [0.25, 0.3) is 0 Å². The number of fused-ring (bicyclic) bond motifs is 1. The molecule has 0 amide bonds. The first-order valence-electron chi connectivity index (χ1n) is 3.87. The Kier molecular flexibility index (Phi) is 2.56. The van der Waals surface area contributed by atoms with E-state index in [0.717, 1.165) is 9.86 Å². The lowest BCUT2D eigenvalue weighted by Gasteiger charge is -2.06. The predicted molar refractivity (Wildman–Crippen MR) is 58.8 cm³/mol. The van der Waals surface area contributed by atoms with Gasteiger partial charge in [-0.3, -0.25) is 0 Å². The van der Waals surface area contributed by atoms with Gasteiger partial charge >= 0.3 is 0 Å². The number of nitrogens with zero attached hydrogens (tertiary/aromatic N) is 2. The van der Waals surface area contributed by atoms with Gasteiger partial charge in [0, 0.05) is 11.6 Å². The lowest BCUT2D eigenvalue weighted by atomic mass is 10.2. The van der Waals surface area contributed by atoms with Crippen molar-refractivity contribution in [2.75, 3.05) is 7.11 Å². The third kappa shape index (κ3) is 1.55. The van der Waals surface area contributed by atoms with Crippen molar-refractivity contribution >= 4 is 38.4 Å². The van der Waals surface area contributed by atoms with E-state index < -0.39 is 0 Å². The summed E-state index contributed by atoms with van der Waals surface area (Å²) in [5.41, 5.74) is 0.710. The Balaban J connectivity index is 2.84. The molecule has 0 fully saturated rings. The highest BCUT2D eigenvalue weighted by molar-refractivity contribution is 9.10. The number of ether oxygens (including phenoxy) is 1. The van der Waals surface area contributed by atoms with Crippen molar-refractivity contribution < 1.29 is 4.74 Å². The first kappa shape index (κ1) is 9.68. The van der Waals surface area contributed by atoms with Gasteiger partial charge in [0.15, 0.2) is 5.75 Å². The number of methoxy groups -OCH3 is 1. The summed E-state index contributed by atoms with van der Waals surface area (Å²) in [5, 5.41) is 1.11. The fourth-order valence-corrected chi connectivity index (χ4v) is 1.83. The topological polar surface area (TPSA) is 35.0 Å². The summed E-state index contributed by atoms with van der Waals surface area (Å²) in [4.78, 5) is 8.00. The quantitative estimate of drug-likeness (QED) is 0.749. The van der Waals surface area contributed by atoms with Crippen LogP contribution in [-0.4, -0.2) is 17.1 Å². The minimum atomic E-state index is 0.217. The molecule has 0 aliphatic carbocycles. The van der Waals surface area contributed by atoms with Crippen molar-refractivity contribution in [1.82, 2.24) is 9.97 Å². The summed E-state index contributed by atoms with van der Waals surface area (Å²) in [6.07, 6.45) is 1.67. The maximum atomic E-state index is 5.71. The predicted octanol–water partition coefficient (Wildman–Crippen LogP) is 3.05. The van der Waals surface area contributed by atoms with Gasteiger partial charge in [-0.05, 0) is 39.7 Å². The van der Waals surface area contributed by atoms with E-state index in [1.807, 2.05) is 12.1 Å². The third-order valence-electron chi connectivity index (χ3n) is 1.83. The highest BCUT2D eigenvalue weighted by atomic mass is 79.9. The average molecular weight is 274 g/mol. The van der Waals surface area contributed by atoms with Crippen LogP contribution in [0.1, 0.15) is 0 Å². The normalized spacial score (nSPS) is 10.5. The first-order valence-corrected chi connectivity index (χ1v) is 5.04. The van der Waals surface area contributed by atoms with E-state index in [2.05, 4.69) is 25.9 Å². The fourth-order valence-electron chi connectivity index (χ4n) is 1.22. The Bertz CT molecular complexity index is 484. The Morgan fingerprint density at radius 3 is 2.93 bits per heavy atom. The van der Waals surface area contributed by atoms with E-state index in [9.17, 15) is 0 Å². The van der Waals surface area contributed by atoms with Gasteiger partial charge < -0.3 is 4.74 Å². The molecular formula is C9H6BrClN2O. The zero-order valence-corrected chi connectivity index (χ0v) is 9.63. The molecule has 0 atom stereocenters.